The van der Waals surface area contributed by atoms with Gasteiger partial charge in [-0.15, -0.1) is 0 Å². The van der Waals surface area contributed by atoms with E-state index in [0.29, 0.717) is 18.0 Å². The van der Waals surface area contributed by atoms with Crippen molar-refractivity contribution in [3.8, 4) is 0 Å². The van der Waals surface area contributed by atoms with Crippen LogP contribution in [0.25, 0.3) is 0 Å². The van der Waals surface area contributed by atoms with E-state index in [4.69, 9.17) is 4.74 Å². The fourth-order valence-corrected chi connectivity index (χ4v) is 3.22. The van der Waals surface area contributed by atoms with Crippen molar-refractivity contribution >= 4 is 23.3 Å². The topological polar surface area (TPSA) is 106 Å². The quantitative estimate of drug-likeness (QED) is 0.757. The molecule has 30 heavy (non-hydrogen) atoms. The van der Waals surface area contributed by atoms with Crippen LogP contribution in [0.4, 0.5) is 16.2 Å². The summed E-state index contributed by atoms with van der Waals surface area (Å²) in [5.41, 5.74) is 1.05. The van der Waals surface area contributed by atoms with Crippen LogP contribution in [0.5, 0.6) is 0 Å². The van der Waals surface area contributed by atoms with Crippen molar-refractivity contribution in [2.75, 3.05) is 37.4 Å². The number of amides is 3. The number of urea groups is 1. The first-order chi connectivity index (χ1) is 14.6. The number of carbonyl (C=O) groups is 2. The summed E-state index contributed by atoms with van der Waals surface area (Å²) in [5, 5.41) is 9.71. The Bertz CT molecular complexity index is 918. The smallest absolute Gasteiger partial charge is 0.321 e. The predicted octanol–water partition coefficient (Wildman–Crippen LogP) is 2.55. The number of aromatic nitrogens is 2. The van der Waals surface area contributed by atoms with Gasteiger partial charge in [-0.3, -0.25) is 9.59 Å². The van der Waals surface area contributed by atoms with Gasteiger partial charge in [-0.1, -0.05) is 12.8 Å². The van der Waals surface area contributed by atoms with Gasteiger partial charge in [-0.05, 0) is 43.2 Å². The molecule has 0 aliphatic carbocycles. The largest absolute Gasteiger partial charge is 0.383 e. The predicted molar refractivity (Wildman–Crippen MR) is 114 cm³/mol. The van der Waals surface area contributed by atoms with Crippen molar-refractivity contribution < 1.29 is 14.3 Å². The lowest BCUT2D eigenvalue weighted by molar-refractivity contribution is 0.101. The van der Waals surface area contributed by atoms with E-state index >= 15 is 0 Å². The standard InChI is InChI=1S/C21H27N5O4/c1-30-15-14-26-19(27)11-10-18(24-26)20(28)22-16-6-8-17(9-7-16)23-21(29)25-12-4-2-3-5-13-25/h6-11H,2-5,12-15H2,1H3,(H,22,28)(H,23,29). The molecule has 0 atom stereocenters. The van der Waals surface area contributed by atoms with Crippen molar-refractivity contribution in [1.82, 2.24) is 14.7 Å². The number of carbonyl (C=O) groups excluding carboxylic acids is 2. The molecule has 0 radical (unpaired) electrons. The number of nitrogens with one attached hydrogen (secondary N) is 2. The molecular weight excluding hydrogens is 386 g/mol. The van der Waals surface area contributed by atoms with Crippen LogP contribution >= 0.6 is 0 Å². The highest BCUT2D eigenvalue weighted by molar-refractivity contribution is 6.02. The maximum Gasteiger partial charge on any atom is 0.321 e. The van der Waals surface area contributed by atoms with Gasteiger partial charge in [0.15, 0.2) is 0 Å². The second kappa shape index (κ2) is 10.5. The zero-order chi connectivity index (χ0) is 21.3. The summed E-state index contributed by atoms with van der Waals surface area (Å²) in [5.74, 6) is -0.428. The Hall–Kier alpha value is -3.20. The number of hydrogen-bond donors (Lipinski definition) is 2. The number of anilines is 2. The summed E-state index contributed by atoms with van der Waals surface area (Å²) < 4.78 is 6.14. The maximum absolute atomic E-state index is 12.5. The number of rotatable bonds is 6. The SMILES string of the molecule is COCCn1nc(C(=O)Nc2ccc(NC(=O)N3CCCCCC3)cc2)ccc1=O. The van der Waals surface area contributed by atoms with E-state index in [1.807, 2.05) is 4.90 Å². The molecule has 2 heterocycles. The van der Waals surface area contributed by atoms with Gasteiger partial charge >= 0.3 is 6.03 Å². The average Bonchev–Trinajstić information content (AvgIpc) is 3.04. The van der Waals surface area contributed by atoms with E-state index in [1.165, 1.54) is 23.9 Å². The first-order valence-electron chi connectivity index (χ1n) is 10.1. The first kappa shape index (κ1) is 21.5. The molecule has 1 saturated heterocycles. The molecule has 1 aliphatic rings. The molecule has 9 heteroatoms. The highest BCUT2D eigenvalue weighted by atomic mass is 16.5. The minimum absolute atomic E-state index is 0.101. The molecule has 3 amide bonds. The molecule has 2 aromatic rings. The third-order valence-electron chi connectivity index (χ3n) is 4.89. The molecule has 1 fully saturated rings. The number of likely N-dealkylation sites (tertiary alicyclic amines) is 1. The van der Waals surface area contributed by atoms with E-state index in [2.05, 4.69) is 15.7 Å². The van der Waals surface area contributed by atoms with E-state index in [1.54, 1.807) is 24.3 Å². The fourth-order valence-electron chi connectivity index (χ4n) is 3.22. The Balaban J connectivity index is 1.59. The highest BCUT2D eigenvalue weighted by Crippen LogP contribution is 2.16. The Morgan fingerprint density at radius 3 is 2.23 bits per heavy atom. The van der Waals surface area contributed by atoms with Gasteiger partial charge in [0.1, 0.15) is 5.69 Å². The Kier molecular flexibility index (Phi) is 7.56. The van der Waals surface area contributed by atoms with Crippen LogP contribution in [0, 0.1) is 0 Å². The normalized spacial score (nSPS) is 14.1. The van der Waals surface area contributed by atoms with Gasteiger partial charge < -0.3 is 20.3 Å². The minimum atomic E-state index is -0.428. The molecule has 0 saturated carbocycles. The lowest BCUT2D eigenvalue weighted by Gasteiger charge is -2.20. The van der Waals surface area contributed by atoms with Crippen LogP contribution in [0.15, 0.2) is 41.2 Å². The average molecular weight is 413 g/mol. The van der Waals surface area contributed by atoms with Gasteiger partial charge in [0.05, 0.1) is 13.2 Å². The minimum Gasteiger partial charge on any atom is -0.383 e. The zero-order valence-corrected chi connectivity index (χ0v) is 17.1. The first-order valence-corrected chi connectivity index (χ1v) is 10.1. The maximum atomic E-state index is 12.5. The lowest BCUT2D eigenvalue weighted by atomic mass is 10.2. The van der Waals surface area contributed by atoms with Crippen LogP contribution in [-0.4, -0.2) is 53.4 Å². The number of methoxy groups -OCH3 is 1. The van der Waals surface area contributed by atoms with Crippen molar-refractivity contribution in [3.63, 3.8) is 0 Å². The van der Waals surface area contributed by atoms with E-state index in [9.17, 15) is 14.4 Å². The Morgan fingerprint density at radius 1 is 0.967 bits per heavy atom. The third-order valence-corrected chi connectivity index (χ3v) is 4.89. The summed E-state index contributed by atoms with van der Waals surface area (Å²) >= 11 is 0. The second-order valence-corrected chi connectivity index (χ2v) is 7.14. The number of nitrogens with zero attached hydrogens (tertiary/aromatic N) is 3. The van der Waals surface area contributed by atoms with Crippen LogP contribution in [-0.2, 0) is 11.3 Å². The molecule has 3 rings (SSSR count). The monoisotopic (exact) mass is 413 g/mol. The van der Waals surface area contributed by atoms with Crippen molar-refractivity contribution in [1.29, 1.82) is 0 Å². The van der Waals surface area contributed by atoms with Gasteiger partial charge in [0.25, 0.3) is 11.5 Å². The molecule has 2 N–H and O–H groups in total. The summed E-state index contributed by atoms with van der Waals surface area (Å²) in [6, 6.07) is 9.47. The van der Waals surface area contributed by atoms with E-state index in [-0.39, 0.29) is 23.8 Å². The molecule has 0 unspecified atom stereocenters. The van der Waals surface area contributed by atoms with Crippen LogP contribution in [0.3, 0.4) is 0 Å². The Labute approximate surface area is 175 Å². The van der Waals surface area contributed by atoms with Crippen molar-refractivity contribution in [2.45, 2.75) is 32.2 Å². The summed E-state index contributed by atoms with van der Waals surface area (Å²) in [6.45, 7) is 2.14. The number of ether oxygens (including phenoxy) is 1. The molecule has 0 spiro atoms. The van der Waals surface area contributed by atoms with Crippen molar-refractivity contribution in [2.24, 2.45) is 0 Å². The summed E-state index contributed by atoms with van der Waals surface area (Å²) in [7, 11) is 1.53. The molecule has 160 valence electrons. The molecule has 1 aromatic carbocycles. The van der Waals surface area contributed by atoms with E-state index < -0.39 is 5.91 Å². The number of benzene rings is 1. The molecule has 1 aliphatic heterocycles. The van der Waals surface area contributed by atoms with Gasteiger partial charge in [-0.2, -0.15) is 5.10 Å². The van der Waals surface area contributed by atoms with Crippen LogP contribution < -0.4 is 16.2 Å². The third kappa shape index (κ3) is 5.90. The molecular formula is C21H27N5O4. The van der Waals surface area contributed by atoms with Gasteiger partial charge in [-0.25, -0.2) is 9.48 Å². The van der Waals surface area contributed by atoms with Crippen LogP contribution in [0.1, 0.15) is 36.2 Å². The molecule has 9 nitrogen and oxygen atoms in total. The number of hydrogen-bond acceptors (Lipinski definition) is 5. The highest BCUT2D eigenvalue weighted by Gasteiger charge is 2.15. The summed E-state index contributed by atoms with van der Waals surface area (Å²) in [6.07, 6.45) is 4.39. The van der Waals surface area contributed by atoms with Gasteiger partial charge in [0, 0.05) is 37.6 Å². The Morgan fingerprint density at radius 2 is 1.60 bits per heavy atom. The fraction of sp³-hybridized carbons (Fsp3) is 0.429. The lowest BCUT2D eigenvalue weighted by Crippen LogP contribution is -2.35. The van der Waals surface area contributed by atoms with Gasteiger partial charge in [0.2, 0.25) is 0 Å². The zero-order valence-electron chi connectivity index (χ0n) is 17.1. The molecule has 0 bridgehead atoms. The molecule has 1 aromatic heterocycles. The second-order valence-electron chi connectivity index (χ2n) is 7.14. The van der Waals surface area contributed by atoms with E-state index in [0.717, 1.165) is 38.8 Å². The van der Waals surface area contributed by atoms with Crippen molar-refractivity contribution in [3.05, 3.63) is 52.4 Å². The van der Waals surface area contributed by atoms with Crippen LogP contribution in [0.2, 0.25) is 0 Å². The summed E-state index contributed by atoms with van der Waals surface area (Å²) in [4.78, 5) is 38.5.